The first kappa shape index (κ1) is 14.1. The van der Waals surface area contributed by atoms with Crippen molar-refractivity contribution in [2.24, 2.45) is 0 Å². The Hall–Kier alpha value is 0.110. The van der Waals surface area contributed by atoms with E-state index in [9.17, 15) is 4.57 Å². The van der Waals surface area contributed by atoms with E-state index >= 15 is 0 Å². The normalized spacial score (nSPS) is 15.4. The summed E-state index contributed by atoms with van der Waals surface area (Å²) in [5, 5.41) is 9.09. The third kappa shape index (κ3) is 6.55. The van der Waals surface area contributed by atoms with Crippen LogP contribution in [0.5, 0.6) is 0 Å². The predicted octanol–water partition coefficient (Wildman–Crippen LogP) is 2.09. The minimum absolute atomic E-state index is 0.715. The van der Waals surface area contributed by atoms with Gasteiger partial charge in [0.25, 0.3) is 7.59 Å². The number of hydrogen-bond donors (Lipinski definition) is 3. The average molecular weight is 221 g/mol. The van der Waals surface area contributed by atoms with Gasteiger partial charge in [0.1, 0.15) is 0 Å². The molecule has 0 saturated heterocycles. The van der Waals surface area contributed by atoms with Gasteiger partial charge in [0.15, 0.2) is 0 Å². The summed E-state index contributed by atoms with van der Waals surface area (Å²) in [6.45, 7) is 8.45. The number of unbranched alkanes of at least 4 members (excludes halogenated alkanes) is 1. The van der Waals surface area contributed by atoms with Gasteiger partial charge in [0.2, 0.25) is 0 Å². The monoisotopic (exact) mass is 221 g/mol. The fourth-order valence-corrected chi connectivity index (χ4v) is 2.87. The van der Waals surface area contributed by atoms with Gasteiger partial charge in [0, 0.05) is 19.6 Å². The van der Waals surface area contributed by atoms with Crippen molar-refractivity contribution >= 4 is 7.59 Å². The van der Waals surface area contributed by atoms with Crippen LogP contribution >= 0.6 is 7.59 Å². The van der Waals surface area contributed by atoms with Gasteiger partial charge in [-0.05, 0) is 12.8 Å². The second kappa shape index (κ2) is 8.42. The standard InChI is InChI=1S/C9H24N3OP/c1-4-7-9-12-14(13,10-6-3)11-8-5-2/h4-9H2,1-3H3,(H3,10,11,12,13). The van der Waals surface area contributed by atoms with Crippen molar-refractivity contribution in [1.29, 1.82) is 0 Å². The zero-order valence-electron chi connectivity index (χ0n) is 9.60. The van der Waals surface area contributed by atoms with Crippen molar-refractivity contribution in [3.63, 3.8) is 0 Å². The second-order valence-corrected chi connectivity index (χ2v) is 5.46. The minimum atomic E-state index is -2.52. The van der Waals surface area contributed by atoms with E-state index in [2.05, 4.69) is 29.1 Å². The maximum atomic E-state index is 12.1. The Labute approximate surface area is 87.8 Å². The van der Waals surface area contributed by atoms with Crippen molar-refractivity contribution < 1.29 is 4.57 Å². The van der Waals surface area contributed by atoms with Crippen LogP contribution in [0.25, 0.3) is 0 Å². The van der Waals surface area contributed by atoms with Gasteiger partial charge in [-0.3, -0.25) is 4.57 Å². The van der Waals surface area contributed by atoms with E-state index in [4.69, 9.17) is 0 Å². The van der Waals surface area contributed by atoms with Crippen LogP contribution in [0.1, 0.15) is 40.0 Å². The van der Waals surface area contributed by atoms with Crippen LogP contribution in [0.3, 0.4) is 0 Å². The summed E-state index contributed by atoms with van der Waals surface area (Å²) >= 11 is 0. The van der Waals surface area contributed by atoms with Crippen molar-refractivity contribution in [2.45, 2.75) is 40.0 Å². The fraction of sp³-hybridized carbons (Fsp3) is 1.00. The molecule has 0 bridgehead atoms. The molecule has 86 valence electrons. The highest BCUT2D eigenvalue weighted by Crippen LogP contribution is 2.29. The van der Waals surface area contributed by atoms with E-state index in [1.54, 1.807) is 0 Å². The predicted molar refractivity (Wildman–Crippen MR) is 62.5 cm³/mol. The SMILES string of the molecule is CCCCNP(=O)(NCC)NCCC. The number of rotatable bonds is 9. The van der Waals surface area contributed by atoms with Crippen molar-refractivity contribution in [3.05, 3.63) is 0 Å². The molecule has 1 unspecified atom stereocenters. The lowest BCUT2D eigenvalue weighted by Crippen LogP contribution is -2.32. The Balaban J connectivity index is 3.89. The Kier molecular flexibility index (Phi) is 8.49. The number of hydrogen-bond acceptors (Lipinski definition) is 1. The molecule has 5 heteroatoms. The molecule has 3 N–H and O–H groups in total. The van der Waals surface area contributed by atoms with Gasteiger partial charge in [-0.15, -0.1) is 0 Å². The topological polar surface area (TPSA) is 53.2 Å². The summed E-state index contributed by atoms with van der Waals surface area (Å²) in [5.41, 5.74) is 0. The number of nitrogens with one attached hydrogen (secondary N) is 3. The van der Waals surface area contributed by atoms with Gasteiger partial charge in [0.05, 0.1) is 0 Å². The van der Waals surface area contributed by atoms with Crippen molar-refractivity contribution in [3.8, 4) is 0 Å². The third-order valence-electron chi connectivity index (χ3n) is 1.83. The lowest BCUT2D eigenvalue weighted by atomic mass is 10.3. The smallest absolute Gasteiger partial charge is 0.271 e. The molecular weight excluding hydrogens is 197 g/mol. The summed E-state index contributed by atoms with van der Waals surface area (Å²) in [6.07, 6.45) is 3.17. The fourth-order valence-electron chi connectivity index (χ4n) is 1.07. The van der Waals surface area contributed by atoms with E-state index in [1.165, 1.54) is 0 Å². The van der Waals surface area contributed by atoms with E-state index in [0.717, 1.165) is 32.4 Å². The van der Waals surface area contributed by atoms with E-state index in [-0.39, 0.29) is 0 Å². The van der Waals surface area contributed by atoms with E-state index < -0.39 is 7.59 Å². The largest absolute Gasteiger partial charge is 0.279 e. The molecule has 0 spiro atoms. The third-order valence-corrected chi connectivity index (χ3v) is 3.93. The van der Waals surface area contributed by atoms with Gasteiger partial charge in [-0.1, -0.05) is 27.2 Å². The zero-order valence-corrected chi connectivity index (χ0v) is 10.5. The minimum Gasteiger partial charge on any atom is -0.271 e. The van der Waals surface area contributed by atoms with Crippen molar-refractivity contribution in [2.75, 3.05) is 19.6 Å². The molecule has 0 radical (unpaired) electrons. The van der Waals surface area contributed by atoms with Gasteiger partial charge < -0.3 is 0 Å². The highest BCUT2D eigenvalue weighted by atomic mass is 31.2. The molecule has 0 aromatic rings. The Morgan fingerprint density at radius 3 is 2.07 bits per heavy atom. The summed E-state index contributed by atoms with van der Waals surface area (Å²) in [7, 11) is -2.52. The van der Waals surface area contributed by atoms with E-state index in [0.29, 0.717) is 6.54 Å². The maximum Gasteiger partial charge on any atom is 0.279 e. The van der Waals surface area contributed by atoms with Crippen LogP contribution in [0, 0.1) is 0 Å². The summed E-state index contributed by atoms with van der Waals surface area (Å²) in [6, 6.07) is 0. The Morgan fingerprint density at radius 2 is 1.57 bits per heavy atom. The van der Waals surface area contributed by atoms with Crippen LogP contribution in [0.15, 0.2) is 0 Å². The molecule has 14 heavy (non-hydrogen) atoms. The Morgan fingerprint density at radius 1 is 0.929 bits per heavy atom. The molecule has 1 atom stereocenters. The first-order chi connectivity index (χ1) is 6.68. The molecule has 4 nitrogen and oxygen atoms in total. The summed E-state index contributed by atoms with van der Waals surface area (Å²) in [4.78, 5) is 0. The molecule has 0 aliphatic rings. The molecule has 0 saturated carbocycles. The van der Waals surface area contributed by atoms with Crippen LogP contribution < -0.4 is 15.3 Å². The average Bonchev–Trinajstić information content (AvgIpc) is 2.16. The first-order valence-corrected chi connectivity index (χ1v) is 7.24. The molecule has 0 heterocycles. The highest BCUT2D eigenvalue weighted by molar-refractivity contribution is 7.57. The summed E-state index contributed by atoms with van der Waals surface area (Å²) < 4.78 is 12.1. The van der Waals surface area contributed by atoms with Gasteiger partial charge in [-0.2, -0.15) is 0 Å². The van der Waals surface area contributed by atoms with E-state index in [1.807, 2.05) is 6.92 Å². The highest BCUT2D eigenvalue weighted by Gasteiger charge is 2.17. The lowest BCUT2D eigenvalue weighted by Gasteiger charge is -2.20. The quantitative estimate of drug-likeness (QED) is 0.412. The van der Waals surface area contributed by atoms with Gasteiger partial charge >= 0.3 is 0 Å². The van der Waals surface area contributed by atoms with Crippen molar-refractivity contribution in [1.82, 2.24) is 15.3 Å². The molecule has 0 aromatic heterocycles. The molecule has 0 aliphatic carbocycles. The van der Waals surface area contributed by atoms with Gasteiger partial charge in [-0.25, -0.2) is 15.3 Å². The molecule has 0 aromatic carbocycles. The molecule has 0 amide bonds. The molecule has 0 aliphatic heterocycles. The maximum absolute atomic E-state index is 12.1. The summed E-state index contributed by atoms with van der Waals surface area (Å²) in [5.74, 6) is 0. The zero-order chi connectivity index (χ0) is 10.9. The molecule has 0 rings (SSSR count). The second-order valence-electron chi connectivity index (χ2n) is 3.29. The van der Waals surface area contributed by atoms with Crippen LogP contribution in [-0.2, 0) is 4.57 Å². The van der Waals surface area contributed by atoms with Crippen LogP contribution in [-0.4, -0.2) is 19.6 Å². The Bertz CT molecular complexity index is 175. The molecular formula is C9H24N3OP. The van der Waals surface area contributed by atoms with Crippen LogP contribution in [0.4, 0.5) is 0 Å². The lowest BCUT2D eigenvalue weighted by molar-refractivity contribution is 0.538. The molecule has 0 fully saturated rings. The van der Waals surface area contributed by atoms with Crippen LogP contribution in [0.2, 0.25) is 0 Å². The first-order valence-electron chi connectivity index (χ1n) is 5.54.